The van der Waals surface area contributed by atoms with Gasteiger partial charge in [-0.15, -0.1) is 5.10 Å². The van der Waals surface area contributed by atoms with Gasteiger partial charge >= 0.3 is 0 Å². The van der Waals surface area contributed by atoms with Gasteiger partial charge in [0.05, 0.1) is 5.69 Å². The molecular weight excluding hydrogens is 260 g/mol. The first-order valence-electron chi connectivity index (χ1n) is 8.54. The smallest absolute Gasteiger partial charge is 0.0829 e. The summed E-state index contributed by atoms with van der Waals surface area (Å²) in [5, 5.41) is 12.0. The Morgan fingerprint density at radius 1 is 1.24 bits per heavy atom. The van der Waals surface area contributed by atoms with Gasteiger partial charge in [0, 0.05) is 19.3 Å². The fraction of sp³-hybridized carbons (Fsp3) is 0.882. The third kappa shape index (κ3) is 4.80. The average Bonchev–Trinajstić information content (AvgIpc) is 2.82. The second-order valence-corrected chi connectivity index (χ2v) is 7.49. The fourth-order valence-electron chi connectivity index (χ4n) is 3.63. The number of aryl methyl sites for hydroxylation is 1. The highest BCUT2D eigenvalue weighted by molar-refractivity contribution is 4.97. The minimum Gasteiger partial charge on any atom is -0.314 e. The van der Waals surface area contributed by atoms with Crippen LogP contribution < -0.4 is 5.32 Å². The SMILES string of the molecule is CC(C)NCC1CCC(C(C)C)CC1Cc1cn(C)nn1. The lowest BCUT2D eigenvalue weighted by atomic mass is 9.69. The van der Waals surface area contributed by atoms with Crippen molar-refractivity contribution >= 4 is 0 Å². The highest BCUT2D eigenvalue weighted by Gasteiger charge is 2.32. The predicted octanol–water partition coefficient (Wildman–Crippen LogP) is 3.04. The van der Waals surface area contributed by atoms with Gasteiger partial charge < -0.3 is 5.32 Å². The molecule has 3 unspecified atom stereocenters. The van der Waals surface area contributed by atoms with E-state index in [1.807, 2.05) is 11.7 Å². The molecule has 21 heavy (non-hydrogen) atoms. The molecule has 4 nitrogen and oxygen atoms in total. The molecule has 0 spiro atoms. The van der Waals surface area contributed by atoms with Crippen LogP contribution in [0.5, 0.6) is 0 Å². The Morgan fingerprint density at radius 3 is 2.57 bits per heavy atom. The molecule has 3 atom stereocenters. The molecule has 0 bridgehead atoms. The van der Waals surface area contributed by atoms with Gasteiger partial charge in [0.1, 0.15) is 0 Å². The summed E-state index contributed by atoms with van der Waals surface area (Å²) in [6.07, 6.45) is 7.25. The number of hydrogen-bond acceptors (Lipinski definition) is 3. The van der Waals surface area contributed by atoms with Crippen LogP contribution >= 0.6 is 0 Å². The maximum atomic E-state index is 4.30. The third-order valence-electron chi connectivity index (χ3n) is 5.03. The van der Waals surface area contributed by atoms with Crippen LogP contribution in [0.3, 0.4) is 0 Å². The van der Waals surface area contributed by atoms with Crippen molar-refractivity contribution in [3.8, 4) is 0 Å². The van der Waals surface area contributed by atoms with Crippen molar-refractivity contribution in [2.75, 3.05) is 6.54 Å². The molecule has 0 aliphatic heterocycles. The zero-order valence-electron chi connectivity index (χ0n) is 14.3. The van der Waals surface area contributed by atoms with Crippen LogP contribution in [0.1, 0.15) is 52.7 Å². The van der Waals surface area contributed by atoms with Gasteiger partial charge in [-0.25, -0.2) is 0 Å². The zero-order valence-corrected chi connectivity index (χ0v) is 14.3. The van der Waals surface area contributed by atoms with Crippen molar-refractivity contribution in [1.82, 2.24) is 20.3 Å². The fourth-order valence-corrected chi connectivity index (χ4v) is 3.63. The van der Waals surface area contributed by atoms with Crippen LogP contribution in [0, 0.1) is 23.7 Å². The van der Waals surface area contributed by atoms with E-state index < -0.39 is 0 Å². The summed E-state index contributed by atoms with van der Waals surface area (Å²) >= 11 is 0. The largest absolute Gasteiger partial charge is 0.314 e. The number of aromatic nitrogens is 3. The zero-order chi connectivity index (χ0) is 15.4. The minimum absolute atomic E-state index is 0.574. The summed E-state index contributed by atoms with van der Waals surface area (Å²) in [6, 6.07) is 0.574. The molecule has 1 saturated carbocycles. The van der Waals surface area contributed by atoms with E-state index >= 15 is 0 Å². The van der Waals surface area contributed by atoms with Crippen molar-refractivity contribution in [2.24, 2.45) is 30.7 Å². The first-order valence-corrected chi connectivity index (χ1v) is 8.54. The molecule has 1 aliphatic carbocycles. The van der Waals surface area contributed by atoms with Gasteiger partial charge in [-0.2, -0.15) is 0 Å². The van der Waals surface area contributed by atoms with Gasteiger partial charge in [0.2, 0.25) is 0 Å². The Bertz CT molecular complexity index is 424. The van der Waals surface area contributed by atoms with Gasteiger partial charge in [-0.3, -0.25) is 4.68 Å². The van der Waals surface area contributed by atoms with Gasteiger partial charge in [-0.05, 0) is 55.9 Å². The molecule has 0 saturated heterocycles. The molecular formula is C17H32N4. The number of nitrogens with zero attached hydrogens (tertiary/aromatic N) is 3. The van der Waals surface area contributed by atoms with Gasteiger partial charge in [0.25, 0.3) is 0 Å². The number of hydrogen-bond donors (Lipinski definition) is 1. The highest BCUT2D eigenvalue weighted by atomic mass is 15.4. The summed E-state index contributed by atoms with van der Waals surface area (Å²) in [6.45, 7) is 10.4. The van der Waals surface area contributed by atoms with Crippen LogP contribution in [0.4, 0.5) is 0 Å². The summed E-state index contributed by atoms with van der Waals surface area (Å²) in [5.41, 5.74) is 1.15. The molecule has 120 valence electrons. The molecule has 0 aromatic carbocycles. The lowest BCUT2D eigenvalue weighted by Gasteiger charge is -2.38. The Labute approximate surface area is 129 Å². The van der Waals surface area contributed by atoms with E-state index in [2.05, 4.69) is 49.5 Å². The van der Waals surface area contributed by atoms with Crippen molar-refractivity contribution in [2.45, 2.75) is 59.4 Å². The van der Waals surface area contributed by atoms with E-state index in [0.717, 1.165) is 42.3 Å². The Hall–Kier alpha value is -0.900. The molecule has 1 aromatic rings. The number of nitrogens with one attached hydrogen (secondary N) is 1. The van der Waals surface area contributed by atoms with E-state index in [1.165, 1.54) is 19.3 Å². The maximum absolute atomic E-state index is 4.30. The molecule has 1 aromatic heterocycles. The van der Waals surface area contributed by atoms with Crippen molar-refractivity contribution in [3.63, 3.8) is 0 Å². The van der Waals surface area contributed by atoms with Crippen LogP contribution in [-0.4, -0.2) is 27.6 Å². The second kappa shape index (κ2) is 7.39. The Kier molecular flexibility index (Phi) is 5.80. The average molecular weight is 292 g/mol. The molecule has 0 amide bonds. The normalized spacial score (nSPS) is 26.7. The minimum atomic E-state index is 0.574. The first kappa shape index (κ1) is 16.5. The van der Waals surface area contributed by atoms with E-state index in [9.17, 15) is 0 Å². The molecule has 0 radical (unpaired) electrons. The molecule has 2 rings (SSSR count). The van der Waals surface area contributed by atoms with Gasteiger partial charge in [-0.1, -0.05) is 32.9 Å². The lowest BCUT2D eigenvalue weighted by molar-refractivity contribution is 0.142. The second-order valence-electron chi connectivity index (χ2n) is 7.49. The standard InChI is InChI=1S/C17H32N4/c1-12(2)14-6-7-15(10-18-13(3)4)16(8-14)9-17-11-21(5)20-19-17/h11-16,18H,6-10H2,1-5H3. The van der Waals surface area contributed by atoms with Crippen molar-refractivity contribution in [3.05, 3.63) is 11.9 Å². The summed E-state index contributed by atoms with van der Waals surface area (Å²) < 4.78 is 1.82. The molecule has 4 heteroatoms. The van der Waals surface area contributed by atoms with Crippen molar-refractivity contribution < 1.29 is 0 Å². The van der Waals surface area contributed by atoms with E-state index in [4.69, 9.17) is 0 Å². The first-order chi connectivity index (χ1) is 9.95. The monoisotopic (exact) mass is 292 g/mol. The highest BCUT2D eigenvalue weighted by Crippen LogP contribution is 2.38. The quantitative estimate of drug-likeness (QED) is 0.876. The van der Waals surface area contributed by atoms with E-state index in [0.29, 0.717) is 6.04 Å². The number of rotatable bonds is 6. The lowest BCUT2D eigenvalue weighted by Crippen LogP contribution is -2.37. The molecule has 1 aliphatic rings. The summed E-state index contributed by atoms with van der Waals surface area (Å²) in [5.74, 6) is 3.20. The summed E-state index contributed by atoms with van der Waals surface area (Å²) in [7, 11) is 1.95. The van der Waals surface area contributed by atoms with Crippen molar-refractivity contribution in [1.29, 1.82) is 0 Å². The Morgan fingerprint density at radius 2 is 2.00 bits per heavy atom. The predicted molar refractivity (Wildman–Crippen MR) is 87.0 cm³/mol. The Balaban J connectivity index is 2.00. The summed E-state index contributed by atoms with van der Waals surface area (Å²) in [4.78, 5) is 0. The van der Waals surface area contributed by atoms with Crippen LogP contribution in [0.2, 0.25) is 0 Å². The van der Waals surface area contributed by atoms with E-state index in [-0.39, 0.29) is 0 Å². The third-order valence-corrected chi connectivity index (χ3v) is 5.03. The maximum Gasteiger partial charge on any atom is 0.0829 e. The van der Waals surface area contributed by atoms with E-state index in [1.54, 1.807) is 0 Å². The van der Waals surface area contributed by atoms with Gasteiger partial charge in [0.15, 0.2) is 0 Å². The molecule has 1 fully saturated rings. The van der Waals surface area contributed by atoms with Crippen LogP contribution in [-0.2, 0) is 13.5 Å². The molecule has 1 heterocycles. The molecule has 1 N–H and O–H groups in total. The topological polar surface area (TPSA) is 42.7 Å². The van der Waals surface area contributed by atoms with Crippen LogP contribution in [0.25, 0.3) is 0 Å². The van der Waals surface area contributed by atoms with Crippen LogP contribution in [0.15, 0.2) is 6.20 Å².